The van der Waals surface area contributed by atoms with Crippen molar-refractivity contribution in [3.63, 3.8) is 0 Å². The maximum atomic E-state index is 3.76. The molecule has 0 N–H and O–H groups in total. The van der Waals surface area contributed by atoms with E-state index >= 15 is 0 Å². The van der Waals surface area contributed by atoms with E-state index in [2.05, 4.69) is 231 Å². The monoisotopic (exact) mass is 906 g/mol. The molecule has 6 aromatic rings. The summed E-state index contributed by atoms with van der Waals surface area (Å²) in [5, 5.41) is 0. The fourth-order valence-electron chi connectivity index (χ4n) is 8.51. The molecule has 0 aromatic heterocycles. The molecule has 0 radical (unpaired) electrons. The van der Waals surface area contributed by atoms with Gasteiger partial charge >= 0.3 is 349 Å². The van der Waals surface area contributed by atoms with Gasteiger partial charge in [0.15, 0.2) is 0 Å². The first-order valence-corrected chi connectivity index (χ1v) is 24.6. The van der Waals surface area contributed by atoms with E-state index in [0.29, 0.717) is 3.63 Å². The van der Waals surface area contributed by atoms with Crippen LogP contribution in [0.4, 0.5) is 0 Å². The Morgan fingerprint density at radius 2 is 0.870 bits per heavy atom. The molecule has 2 aliphatic rings. The number of allylic oxidation sites excluding steroid dienone is 4. The zero-order valence-corrected chi connectivity index (χ0v) is 37.6. The predicted octanol–water partition coefficient (Wildman–Crippen LogP) is 15.0. The van der Waals surface area contributed by atoms with E-state index in [1.54, 1.807) is 3.21 Å². The summed E-state index contributed by atoms with van der Waals surface area (Å²) in [5.74, 6) is 0. The first-order chi connectivity index (χ1) is 25.9. The quantitative estimate of drug-likeness (QED) is 0.156. The van der Waals surface area contributed by atoms with Crippen molar-refractivity contribution in [3.8, 4) is 33.4 Å². The van der Waals surface area contributed by atoms with Gasteiger partial charge in [-0.3, -0.25) is 0 Å². The third kappa shape index (κ3) is 7.18. The molecule has 0 fully saturated rings. The molecular formula is C51H46Br2Zr. The summed E-state index contributed by atoms with van der Waals surface area (Å²) in [6, 6.07) is 50.9. The van der Waals surface area contributed by atoms with Crippen LogP contribution in [0.1, 0.15) is 78.5 Å². The van der Waals surface area contributed by atoms with Crippen LogP contribution in [0.15, 0.2) is 167 Å². The van der Waals surface area contributed by atoms with E-state index in [1.165, 1.54) is 66.8 Å². The van der Waals surface area contributed by atoms with Gasteiger partial charge in [-0.1, -0.05) is 0 Å². The van der Waals surface area contributed by atoms with E-state index in [-0.39, 0.29) is 14.5 Å². The molecule has 0 atom stereocenters. The number of halogens is 2. The normalized spacial score (nSPS) is 14.0. The van der Waals surface area contributed by atoms with Gasteiger partial charge in [-0.15, -0.1) is 0 Å². The summed E-state index contributed by atoms with van der Waals surface area (Å²) in [4.78, 5) is 0. The summed E-state index contributed by atoms with van der Waals surface area (Å²) in [7, 11) is 0. The van der Waals surface area contributed by atoms with Gasteiger partial charge in [-0.25, -0.2) is 0 Å². The summed E-state index contributed by atoms with van der Waals surface area (Å²) in [6.07, 6.45) is 9.60. The van der Waals surface area contributed by atoms with E-state index in [4.69, 9.17) is 0 Å². The van der Waals surface area contributed by atoms with Crippen LogP contribution in [0.5, 0.6) is 0 Å². The summed E-state index contributed by atoms with van der Waals surface area (Å²) < 4.78 is 4.44. The Kier molecular flexibility index (Phi) is 10.3. The molecular weight excluding hydrogens is 864 g/mol. The fourth-order valence-corrected chi connectivity index (χ4v) is 18.4. The van der Waals surface area contributed by atoms with Crippen molar-refractivity contribution in [2.24, 2.45) is 0 Å². The second-order valence-corrected chi connectivity index (χ2v) is 25.1. The van der Waals surface area contributed by atoms with Crippen molar-refractivity contribution in [1.82, 2.24) is 0 Å². The molecule has 6 aromatic carbocycles. The van der Waals surface area contributed by atoms with Crippen LogP contribution in [0.3, 0.4) is 0 Å². The summed E-state index contributed by atoms with van der Waals surface area (Å²) in [6.45, 7) is 14.2. The average molecular weight is 910 g/mol. The first-order valence-electron chi connectivity index (χ1n) is 19.0. The SMILES string of the molecule is CC(C)(C)c1cc2c(cc1-c1ccccc1)[CH]([Zr](=[C](c1ccc(Br)cc1)c1ccc(Br)cc1)[CH]1C=CC=C1)c1cc(-c3ccccc3)c(C(C)(C)C)cc1-2. The molecule has 0 bridgehead atoms. The van der Waals surface area contributed by atoms with E-state index in [0.717, 1.165) is 8.95 Å². The van der Waals surface area contributed by atoms with Gasteiger partial charge in [0.05, 0.1) is 0 Å². The molecule has 2 aliphatic carbocycles. The van der Waals surface area contributed by atoms with Gasteiger partial charge in [-0.2, -0.15) is 0 Å². The van der Waals surface area contributed by atoms with Crippen molar-refractivity contribution < 1.29 is 21.3 Å². The molecule has 268 valence electrons. The van der Waals surface area contributed by atoms with Crippen LogP contribution in [0, 0.1) is 0 Å². The maximum absolute atomic E-state index is 3.76. The van der Waals surface area contributed by atoms with E-state index in [9.17, 15) is 0 Å². The van der Waals surface area contributed by atoms with Gasteiger partial charge < -0.3 is 0 Å². The Labute approximate surface area is 346 Å². The number of hydrogen-bond acceptors (Lipinski definition) is 0. The van der Waals surface area contributed by atoms with Crippen molar-refractivity contribution in [1.29, 1.82) is 0 Å². The van der Waals surface area contributed by atoms with Crippen LogP contribution in [0.2, 0.25) is 3.63 Å². The Hall–Kier alpha value is -3.49. The number of benzene rings is 6. The van der Waals surface area contributed by atoms with Gasteiger partial charge in [0.25, 0.3) is 0 Å². The molecule has 0 unspecified atom stereocenters. The first kappa shape index (κ1) is 37.4. The molecule has 0 saturated carbocycles. The zero-order chi connectivity index (χ0) is 37.8. The number of rotatable bonds is 6. The topological polar surface area (TPSA) is 0 Å². The van der Waals surface area contributed by atoms with Gasteiger partial charge in [0.2, 0.25) is 0 Å². The van der Waals surface area contributed by atoms with Crippen molar-refractivity contribution in [2.45, 2.75) is 59.6 Å². The van der Waals surface area contributed by atoms with Crippen molar-refractivity contribution in [3.05, 3.63) is 200 Å². The molecule has 0 aliphatic heterocycles. The van der Waals surface area contributed by atoms with Gasteiger partial charge in [0, 0.05) is 0 Å². The summed E-state index contributed by atoms with van der Waals surface area (Å²) in [5.41, 5.74) is 16.5. The van der Waals surface area contributed by atoms with Gasteiger partial charge in [0.1, 0.15) is 0 Å². The van der Waals surface area contributed by atoms with Crippen LogP contribution >= 0.6 is 31.9 Å². The Balaban J connectivity index is 1.55. The predicted molar refractivity (Wildman–Crippen MR) is 236 cm³/mol. The molecule has 0 nitrogen and oxygen atoms in total. The summed E-state index contributed by atoms with van der Waals surface area (Å²) >= 11 is 4.57. The number of hydrogen-bond donors (Lipinski definition) is 0. The standard InChI is InChI=1S/C33H33.C13H8Br2.C5H5.Zr/c1-32(2,3)30-20-26-24(18-28(30)22-13-9-7-10-14-22)17-25-19-29(23-15-11-8-12-16-23)31(21-27(25)26)33(4,5)6;14-12-5-1-10(2-6-12)9-11-3-7-13(15)8-4-11;1-2-4-5-3-1;/h7-21H,1-6H3;1-8H;1-5H;. The zero-order valence-electron chi connectivity index (χ0n) is 31.9. The Morgan fingerprint density at radius 3 is 1.24 bits per heavy atom. The van der Waals surface area contributed by atoms with Crippen LogP contribution in [0.25, 0.3) is 33.4 Å². The third-order valence-corrected chi connectivity index (χ3v) is 20.7. The second kappa shape index (κ2) is 14.9. The molecule has 0 spiro atoms. The van der Waals surface area contributed by atoms with Crippen LogP contribution in [-0.4, -0.2) is 3.21 Å². The van der Waals surface area contributed by atoms with E-state index in [1.807, 2.05) is 0 Å². The third-order valence-electron chi connectivity index (χ3n) is 11.0. The minimum absolute atomic E-state index is 0.0417. The van der Waals surface area contributed by atoms with Crippen LogP contribution in [-0.2, 0) is 32.1 Å². The Morgan fingerprint density at radius 1 is 0.481 bits per heavy atom. The number of fused-ring (bicyclic) bond motifs is 3. The molecule has 8 rings (SSSR count). The average Bonchev–Trinajstić information content (AvgIpc) is 3.80. The molecule has 0 amide bonds. The van der Waals surface area contributed by atoms with Crippen molar-refractivity contribution in [2.75, 3.05) is 0 Å². The van der Waals surface area contributed by atoms with Gasteiger partial charge in [-0.05, 0) is 0 Å². The molecule has 0 heterocycles. The van der Waals surface area contributed by atoms with Crippen molar-refractivity contribution >= 4 is 35.1 Å². The van der Waals surface area contributed by atoms with Crippen LogP contribution < -0.4 is 0 Å². The van der Waals surface area contributed by atoms with E-state index < -0.39 is 21.3 Å². The second-order valence-electron chi connectivity index (χ2n) is 16.8. The minimum atomic E-state index is -2.94. The molecule has 3 heteroatoms. The molecule has 0 saturated heterocycles. The Bertz CT molecular complexity index is 2270. The molecule has 54 heavy (non-hydrogen) atoms. The fraction of sp³-hybridized carbons (Fsp3) is 0.196.